The normalized spacial score (nSPS) is 23.8. The summed E-state index contributed by atoms with van der Waals surface area (Å²) in [6, 6.07) is 4.34. The van der Waals surface area contributed by atoms with Crippen LogP contribution in [0.2, 0.25) is 0 Å². The number of nitrogens with one attached hydrogen (secondary N) is 1. The number of halogens is 1. The molecule has 148 valence electrons. The zero-order chi connectivity index (χ0) is 20.2. The van der Waals surface area contributed by atoms with Crippen LogP contribution in [0, 0.1) is 5.82 Å². The van der Waals surface area contributed by atoms with Gasteiger partial charge in [-0.2, -0.15) is 5.10 Å². The molecule has 0 saturated heterocycles. The SMILES string of the molecule is COC[C@@]12/C=N/C(=O)c3cnn4ccc(nc34)N[C@H](C)c3cc(F)cc(c3O1)C2. The minimum atomic E-state index is -0.999. The lowest BCUT2D eigenvalue weighted by Crippen LogP contribution is -2.41. The van der Waals surface area contributed by atoms with Crippen molar-refractivity contribution in [1.82, 2.24) is 14.6 Å². The fourth-order valence-corrected chi connectivity index (χ4v) is 3.89. The van der Waals surface area contributed by atoms with Gasteiger partial charge in [0.05, 0.1) is 25.1 Å². The first-order chi connectivity index (χ1) is 14.0. The van der Waals surface area contributed by atoms with E-state index in [-0.39, 0.29) is 24.0 Å². The van der Waals surface area contributed by atoms with Crippen LogP contribution in [0.4, 0.5) is 10.2 Å². The molecule has 0 fully saturated rings. The molecule has 1 aromatic carbocycles. The van der Waals surface area contributed by atoms with Crippen LogP contribution in [0.1, 0.15) is 34.5 Å². The summed E-state index contributed by atoms with van der Waals surface area (Å²) in [5.74, 6) is 0.261. The van der Waals surface area contributed by atoms with E-state index < -0.39 is 11.5 Å². The van der Waals surface area contributed by atoms with E-state index in [1.54, 1.807) is 19.4 Å². The summed E-state index contributed by atoms with van der Waals surface area (Å²) in [5.41, 5.74) is 1.04. The number of hydrogen-bond donors (Lipinski definition) is 1. The summed E-state index contributed by atoms with van der Waals surface area (Å²) < 4.78 is 27.4. The Morgan fingerprint density at radius 3 is 3.14 bits per heavy atom. The molecule has 8 nitrogen and oxygen atoms in total. The molecule has 2 atom stereocenters. The van der Waals surface area contributed by atoms with Gasteiger partial charge in [-0.25, -0.2) is 18.9 Å². The van der Waals surface area contributed by atoms with Crippen molar-refractivity contribution in [3.8, 4) is 5.75 Å². The highest BCUT2D eigenvalue weighted by Crippen LogP contribution is 2.41. The van der Waals surface area contributed by atoms with Gasteiger partial charge in [-0.1, -0.05) is 0 Å². The number of ether oxygens (including phenoxy) is 2. The number of carbonyl (C=O) groups excluding carboxylic acids is 1. The molecule has 4 heterocycles. The zero-order valence-electron chi connectivity index (χ0n) is 15.8. The van der Waals surface area contributed by atoms with Crippen LogP contribution >= 0.6 is 0 Å². The molecule has 1 amide bonds. The minimum absolute atomic E-state index is 0.163. The van der Waals surface area contributed by atoms with Crippen molar-refractivity contribution in [2.45, 2.75) is 25.0 Å². The lowest BCUT2D eigenvalue weighted by molar-refractivity contribution is 0.0583. The van der Waals surface area contributed by atoms with Gasteiger partial charge in [-0.15, -0.1) is 0 Å². The zero-order valence-corrected chi connectivity index (χ0v) is 15.8. The number of amides is 1. The third kappa shape index (κ3) is 2.85. The lowest BCUT2D eigenvalue weighted by Gasteiger charge is -2.24. The van der Waals surface area contributed by atoms with Gasteiger partial charge in [-0.05, 0) is 25.1 Å². The number of methoxy groups -OCH3 is 1. The fourth-order valence-electron chi connectivity index (χ4n) is 3.89. The van der Waals surface area contributed by atoms with Crippen LogP contribution in [0.3, 0.4) is 0 Å². The van der Waals surface area contributed by atoms with E-state index >= 15 is 0 Å². The van der Waals surface area contributed by atoms with Crippen molar-refractivity contribution in [2.75, 3.05) is 19.0 Å². The predicted molar refractivity (Wildman–Crippen MR) is 103 cm³/mol. The highest BCUT2D eigenvalue weighted by molar-refractivity contribution is 6.04. The molecule has 0 aliphatic carbocycles. The second-order valence-electron chi connectivity index (χ2n) is 7.33. The van der Waals surface area contributed by atoms with Crippen LogP contribution < -0.4 is 10.1 Å². The van der Waals surface area contributed by atoms with Gasteiger partial charge in [0.15, 0.2) is 11.2 Å². The number of aliphatic imine (C=N–C) groups is 1. The van der Waals surface area contributed by atoms with Gasteiger partial charge in [0.25, 0.3) is 5.91 Å². The van der Waals surface area contributed by atoms with Gasteiger partial charge >= 0.3 is 0 Å². The van der Waals surface area contributed by atoms with Crippen molar-refractivity contribution in [3.05, 3.63) is 53.1 Å². The van der Waals surface area contributed by atoms with Crippen molar-refractivity contribution < 1.29 is 18.7 Å². The smallest absolute Gasteiger partial charge is 0.282 e. The molecule has 0 radical (unpaired) electrons. The molecule has 3 aromatic rings. The van der Waals surface area contributed by atoms with Crippen molar-refractivity contribution in [3.63, 3.8) is 0 Å². The second-order valence-corrected chi connectivity index (χ2v) is 7.33. The molecule has 4 bridgehead atoms. The molecule has 5 rings (SSSR count). The third-order valence-corrected chi connectivity index (χ3v) is 5.19. The molecule has 9 heteroatoms. The number of hydrogen-bond acceptors (Lipinski definition) is 6. The maximum absolute atomic E-state index is 14.4. The summed E-state index contributed by atoms with van der Waals surface area (Å²) in [6.07, 6.45) is 4.93. The Kier molecular flexibility index (Phi) is 3.88. The molecule has 2 aliphatic rings. The molecular formula is C20H18FN5O3. The Bertz CT molecular complexity index is 1170. The number of aromatic nitrogens is 3. The number of benzene rings is 1. The predicted octanol–water partition coefficient (Wildman–Crippen LogP) is 2.59. The van der Waals surface area contributed by atoms with E-state index in [4.69, 9.17) is 9.47 Å². The number of rotatable bonds is 2. The van der Waals surface area contributed by atoms with E-state index in [1.165, 1.54) is 29.1 Å². The Morgan fingerprint density at radius 2 is 2.31 bits per heavy atom. The van der Waals surface area contributed by atoms with Gasteiger partial charge in [0.2, 0.25) is 0 Å². The van der Waals surface area contributed by atoms with Crippen LogP contribution in [-0.2, 0) is 11.2 Å². The average Bonchev–Trinajstić information content (AvgIpc) is 3.26. The molecule has 1 N–H and O–H groups in total. The maximum Gasteiger partial charge on any atom is 0.282 e. The Morgan fingerprint density at radius 1 is 1.45 bits per heavy atom. The van der Waals surface area contributed by atoms with Crippen LogP contribution in [0.25, 0.3) is 5.65 Å². The minimum Gasteiger partial charge on any atom is -0.478 e. The first-order valence-electron chi connectivity index (χ1n) is 9.19. The Balaban J connectivity index is 1.72. The fraction of sp³-hybridized carbons (Fsp3) is 0.300. The van der Waals surface area contributed by atoms with Gasteiger partial charge in [0, 0.05) is 30.9 Å². The second kappa shape index (κ2) is 6.35. The van der Waals surface area contributed by atoms with Crippen molar-refractivity contribution in [1.29, 1.82) is 0 Å². The summed E-state index contributed by atoms with van der Waals surface area (Å²) in [4.78, 5) is 21.4. The summed E-state index contributed by atoms with van der Waals surface area (Å²) in [7, 11) is 1.54. The summed E-state index contributed by atoms with van der Waals surface area (Å²) >= 11 is 0. The molecular weight excluding hydrogens is 377 g/mol. The number of anilines is 1. The molecule has 2 aromatic heterocycles. The van der Waals surface area contributed by atoms with Gasteiger partial charge in [-0.3, -0.25) is 4.79 Å². The first kappa shape index (κ1) is 17.7. The molecule has 0 spiro atoms. The maximum atomic E-state index is 14.4. The largest absolute Gasteiger partial charge is 0.478 e. The Hall–Kier alpha value is -3.33. The van der Waals surface area contributed by atoms with Gasteiger partial charge in [0.1, 0.15) is 22.9 Å². The van der Waals surface area contributed by atoms with E-state index in [1.807, 2.05) is 6.92 Å². The monoisotopic (exact) mass is 395 g/mol. The highest BCUT2D eigenvalue weighted by atomic mass is 19.1. The van der Waals surface area contributed by atoms with Crippen LogP contribution in [0.15, 0.2) is 35.6 Å². The van der Waals surface area contributed by atoms with Gasteiger partial charge < -0.3 is 14.8 Å². The number of fused-ring (bicyclic) bond motifs is 2. The standard InChI is InChI=1S/C20H18FN5O3/c1-11-14-6-13(21)5-12-7-20(10-28-2,29-17(12)14)9-22-19(27)15-8-23-26-4-3-16(24-11)25-18(15)26/h3-6,8-9,11H,7,10H2,1-2H3,(H,24,25)/b22-9+/t11-,20-/m1/s1. The molecule has 0 saturated carbocycles. The van der Waals surface area contributed by atoms with E-state index in [0.29, 0.717) is 34.8 Å². The van der Waals surface area contributed by atoms with Crippen molar-refractivity contribution in [2.24, 2.45) is 4.99 Å². The third-order valence-electron chi connectivity index (χ3n) is 5.19. The molecule has 2 aliphatic heterocycles. The van der Waals surface area contributed by atoms with Crippen LogP contribution in [0.5, 0.6) is 5.75 Å². The summed E-state index contributed by atoms with van der Waals surface area (Å²) in [5, 5.41) is 7.43. The lowest BCUT2D eigenvalue weighted by atomic mass is 9.96. The topological polar surface area (TPSA) is 90.1 Å². The average molecular weight is 395 g/mol. The number of nitrogens with zero attached hydrogens (tertiary/aromatic N) is 4. The van der Waals surface area contributed by atoms with Crippen molar-refractivity contribution >= 4 is 23.6 Å². The summed E-state index contributed by atoms with van der Waals surface area (Å²) in [6.45, 7) is 2.06. The molecule has 29 heavy (non-hydrogen) atoms. The van der Waals surface area contributed by atoms with E-state index in [9.17, 15) is 9.18 Å². The molecule has 0 unspecified atom stereocenters. The van der Waals surface area contributed by atoms with E-state index in [2.05, 4.69) is 20.4 Å². The quantitative estimate of drug-likeness (QED) is 0.717. The first-order valence-corrected chi connectivity index (χ1v) is 9.19. The van der Waals surface area contributed by atoms with E-state index in [0.717, 1.165) is 0 Å². The highest BCUT2D eigenvalue weighted by Gasteiger charge is 2.41. The van der Waals surface area contributed by atoms with Crippen LogP contribution in [-0.4, -0.2) is 46.0 Å². The Labute approximate surface area is 165 Å². The number of carbonyl (C=O) groups is 1.